The molecule has 0 bridgehead atoms. The number of carbonyl (C=O) groups excluding carboxylic acids is 1. The Morgan fingerprint density at radius 2 is 1.79 bits per heavy atom. The number of aliphatic hydroxyl groups is 1. The SMILES string of the molecule is CC(C)(CO)Nc1ccc(C(=O)Nc2cccc(S(=O)(=O)C3CCCC3)c2)c(N2CCC3(CC2)CC3)n1.Cl. The molecule has 8 nitrogen and oxygen atoms in total. The Kier molecular flexibility index (Phi) is 8.31. The molecule has 10 heteroatoms. The summed E-state index contributed by atoms with van der Waals surface area (Å²) in [6.07, 6.45) is 8.02. The van der Waals surface area contributed by atoms with Gasteiger partial charge < -0.3 is 20.6 Å². The minimum Gasteiger partial charge on any atom is -0.394 e. The number of hydrogen-bond acceptors (Lipinski definition) is 7. The highest BCUT2D eigenvalue weighted by Gasteiger charge is 2.45. The van der Waals surface area contributed by atoms with Gasteiger partial charge >= 0.3 is 0 Å². The largest absolute Gasteiger partial charge is 0.394 e. The van der Waals surface area contributed by atoms with Gasteiger partial charge in [-0.3, -0.25) is 4.79 Å². The van der Waals surface area contributed by atoms with Crippen LogP contribution in [0.15, 0.2) is 41.3 Å². The maximum Gasteiger partial charge on any atom is 0.259 e. The number of aromatic nitrogens is 1. The van der Waals surface area contributed by atoms with Gasteiger partial charge in [0.1, 0.15) is 11.6 Å². The van der Waals surface area contributed by atoms with Crippen LogP contribution in [0.25, 0.3) is 0 Å². The van der Waals surface area contributed by atoms with Crippen LogP contribution >= 0.6 is 12.4 Å². The molecule has 0 radical (unpaired) electrons. The van der Waals surface area contributed by atoms with Gasteiger partial charge in [-0.05, 0) is 88.1 Å². The molecule has 1 aromatic carbocycles. The number of piperidine rings is 1. The number of rotatable bonds is 8. The second-order valence-electron chi connectivity index (χ2n) is 11.7. The molecule has 0 atom stereocenters. The number of benzene rings is 1. The van der Waals surface area contributed by atoms with Crippen LogP contribution in [0.2, 0.25) is 0 Å². The number of halogens is 1. The summed E-state index contributed by atoms with van der Waals surface area (Å²) in [6, 6.07) is 10.1. The summed E-state index contributed by atoms with van der Waals surface area (Å²) in [5, 5.41) is 15.5. The topological polar surface area (TPSA) is 112 Å². The van der Waals surface area contributed by atoms with Crippen LogP contribution in [0.1, 0.15) is 75.6 Å². The van der Waals surface area contributed by atoms with Crippen LogP contribution in [0.5, 0.6) is 0 Å². The minimum absolute atomic E-state index is 0. The van der Waals surface area contributed by atoms with Gasteiger partial charge in [0.2, 0.25) is 0 Å². The lowest BCUT2D eigenvalue weighted by atomic mass is 9.93. The molecule has 208 valence electrons. The number of nitrogens with one attached hydrogen (secondary N) is 2. The molecule has 0 unspecified atom stereocenters. The second-order valence-corrected chi connectivity index (χ2v) is 13.9. The summed E-state index contributed by atoms with van der Waals surface area (Å²) in [7, 11) is -3.42. The van der Waals surface area contributed by atoms with E-state index in [4.69, 9.17) is 4.98 Å². The molecule has 5 rings (SSSR count). The maximum atomic E-state index is 13.5. The van der Waals surface area contributed by atoms with Crippen molar-refractivity contribution >= 4 is 45.5 Å². The summed E-state index contributed by atoms with van der Waals surface area (Å²) in [6.45, 7) is 5.40. The lowest BCUT2D eigenvalue weighted by Crippen LogP contribution is -2.38. The molecule has 2 aliphatic carbocycles. The fourth-order valence-electron chi connectivity index (χ4n) is 5.53. The number of anilines is 3. The summed E-state index contributed by atoms with van der Waals surface area (Å²) in [5.74, 6) is 0.890. The van der Waals surface area contributed by atoms with E-state index in [9.17, 15) is 18.3 Å². The van der Waals surface area contributed by atoms with Crippen molar-refractivity contribution < 1.29 is 18.3 Å². The van der Waals surface area contributed by atoms with Gasteiger partial charge in [0.15, 0.2) is 9.84 Å². The lowest BCUT2D eigenvalue weighted by Gasteiger charge is -2.34. The van der Waals surface area contributed by atoms with Crippen LogP contribution in [-0.4, -0.2) is 54.9 Å². The van der Waals surface area contributed by atoms with Crippen molar-refractivity contribution in [2.75, 3.05) is 35.2 Å². The fraction of sp³-hybridized carbons (Fsp3) is 0.571. The summed E-state index contributed by atoms with van der Waals surface area (Å²) >= 11 is 0. The first-order valence-corrected chi connectivity index (χ1v) is 15.0. The molecule has 38 heavy (non-hydrogen) atoms. The van der Waals surface area contributed by atoms with Gasteiger partial charge in [0.25, 0.3) is 5.91 Å². The molecule has 1 aromatic heterocycles. The second kappa shape index (κ2) is 11.0. The average molecular weight is 563 g/mol. The Morgan fingerprint density at radius 3 is 2.42 bits per heavy atom. The highest BCUT2D eigenvalue weighted by Crippen LogP contribution is 2.54. The van der Waals surface area contributed by atoms with E-state index in [-0.39, 0.29) is 35.1 Å². The predicted molar refractivity (Wildman–Crippen MR) is 153 cm³/mol. The van der Waals surface area contributed by atoms with Crippen LogP contribution < -0.4 is 15.5 Å². The van der Waals surface area contributed by atoms with Gasteiger partial charge in [-0.15, -0.1) is 12.4 Å². The first kappa shape index (κ1) is 28.6. The van der Waals surface area contributed by atoms with E-state index in [0.29, 0.717) is 41.1 Å². The third-order valence-electron chi connectivity index (χ3n) is 8.22. The summed E-state index contributed by atoms with van der Waals surface area (Å²) < 4.78 is 26.2. The highest BCUT2D eigenvalue weighted by atomic mass is 35.5. The summed E-state index contributed by atoms with van der Waals surface area (Å²) in [4.78, 5) is 20.7. The van der Waals surface area contributed by atoms with Crippen molar-refractivity contribution in [3.8, 4) is 0 Å². The zero-order valence-electron chi connectivity index (χ0n) is 22.2. The van der Waals surface area contributed by atoms with E-state index >= 15 is 0 Å². The molecule has 1 aliphatic heterocycles. The Labute approximate surface area is 231 Å². The molecule has 3 fully saturated rings. The van der Waals surface area contributed by atoms with Crippen molar-refractivity contribution in [3.63, 3.8) is 0 Å². The predicted octanol–water partition coefficient (Wildman–Crippen LogP) is 5.04. The van der Waals surface area contributed by atoms with Crippen LogP contribution in [0, 0.1) is 5.41 Å². The Morgan fingerprint density at radius 1 is 1.11 bits per heavy atom. The molecule has 2 aromatic rings. The minimum atomic E-state index is -3.42. The van der Waals surface area contributed by atoms with Crippen molar-refractivity contribution in [1.82, 2.24) is 4.98 Å². The zero-order valence-corrected chi connectivity index (χ0v) is 23.8. The monoisotopic (exact) mass is 562 g/mol. The first-order chi connectivity index (χ1) is 17.6. The highest BCUT2D eigenvalue weighted by molar-refractivity contribution is 7.92. The van der Waals surface area contributed by atoms with Crippen LogP contribution in [-0.2, 0) is 9.84 Å². The molecule has 1 spiro atoms. The lowest BCUT2D eigenvalue weighted by molar-refractivity contribution is 0.102. The average Bonchev–Trinajstić information content (AvgIpc) is 3.38. The molecule has 2 saturated carbocycles. The first-order valence-electron chi connectivity index (χ1n) is 13.4. The standard InChI is InChI=1S/C28H38N4O4S.ClH/c1-27(2,19-33)31-24-11-10-23(25(30-24)32-16-14-28(12-13-28)15-17-32)26(34)29-20-6-5-9-22(18-20)37(35,36)21-7-3-4-8-21;/h5-6,9-11,18,21,33H,3-4,7-8,12-17,19H2,1-2H3,(H,29,34)(H,30,31);1H. The number of hydrogen-bond donors (Lipinski definition) is 3. The van der Waals surface area contributed by atoms with Crippen molar-refractivity contribution in [1.29, 1.82) is 0 Å². The number of carbonyl (C=O) groups is 1. The van der Waals surface area contributed by atoms with Gasteiger partial charge in [-0.1, -0.05) is 18.9 Å². The number of nitrogens with zero attached hydrogens (tertiary/aromatic N) is 2. The van der Waals surface area contributed by atoms with Gasteiger partial charge in [-0.25, -0.2) is 13.4 Å². The van der Waals surface area contributed by atoms with E-state index in [1.807, 2.05) is 13.8 Å². The van der Waals surface area contributed by atoms with Gasteiger partial charge in [0.05, 0.1) is 27.9 Å². The van der Waals surface area contributed by atoms with Gasteiger partial charge in [-0.2, -0.15) is 0 Å². The van der Waals surface area contributed by atoms with Crippen molar-refractivity contribution in [3.05, 3.63) is 42.0 Å². The number of aliphatic hydroxyl groups excluding tert-OH is 1. The van der Waals surface area contributed by atoms with Crippen molar-refractivity contribution in [2.24, 2.45) is 5.41 Å². The molecule has 3 N–H and O–H groups in total. The fourth-order valence-corrected chi connectivity index (χ4v) is 7.43. The molecular formula is C28H39ClN4O4S. The van der Waals surface area contributed by atoms with E-state index in [1.165, 1.54) is 12.8 Å². The molecule has 2 heterocycles. The summed E-state index contributed by atoms with van der Waals surface area (Å²) in [5.41, 5.74) is 0.829. The Bertz CT molecular complexity index is 1260. The van der Waals surface area contributed by atoms with E-state index in [0.717, 1.165) is 38.8 Å². The van der Waals surface area contributed by atoms with E-state index < -0.39 is 15.4 Å². The zero-order chi connectivity index (χ0) is 26.3. The molecule has 1 saturated heterocycles. The number of amides is 1. The van der Waals surface area contributed by atoms with Crippen LogP contribution in [0.3, 0.4) is 0 Å². The normalized spacial score (nSPS) is 19.2. The maximum absolute atomic E-state index is 13.5. The third-order valence-corrected chi connectivity index (χ3v) is 10.5. The molecule has 1 amide bonds. The van der Waals surface area contributed by atoms with E-state index in [1.54, 1.807) is 36.4 Å². The smallest absolute Gasteiger partial charge is 0.259 e. The Hall–Kier alpha value is -2.36. The van der Waals surface area contributed by atoms with Gasteiger partial charge in [0, 0.05) is 18.8 Å². The van der Waals surface area contributed by atoms with E-state index in [2.05, 4.69) is 15.5 Å². The Balaban J connectivity index is 0.00000336. The van der Waals surface area contributed by atoms with Crippen LogP contribution in [0.4, 0.5) is 17.3 Å². The number of pyridine rings is 1. The number of sulfone groups is 1. The third kappa shape index (κ3) is 6.10. The quantitative estimate of drug-likeness (QED) is 0.413. The molecule has 3 aliphatic rings. The van der Waals surface area contributed by atoms with Crippen molar-refractivity contribution in [2.45, 2.75) is 80.9 Å². The molecular weight excluding hydrogens is 524 g/mol.